The quantitative estimate of drug-likeness (QED) is 0.567. The molecule has 2 rings (SSSR count). The summed E-state index contributed by atoms with van der Waals surface area (Å²) >= 11 is 0. The minimum atomic E-state index is -0.0959. The molecule has 1 fully saturated rings. The van der Waals surface area contributed by atoms with Crippen LogP contribution in [-0.4, -0.2) is 18.6 Å². The van der Waals surface area contributed by atoms with Gasteiger partial charge in [0.15, 0.2) is 0 Å². The van der Waals surface area contributed by atoms with E-state index in [-0.39, 0.29) is 17.9 Å². The third kappa shape index (κ3) is 2.81. The molecule has 84 valence electrons. The van der Waals surface area contributed by atoms with Gasteiger partial charge in [0, 0.05) is 6.04 Å². The molecule has 0 spiro atoms. The van der Waals surface area contributed by atoms with Crippen molar-refractivity contribution < 1.29 is 9.53 Å². The van der Waals surface area contributed by atoms with Gasteiger partial charge in [0.05, 0.1) is 12.5 Å². The molecule has 0 aromatic heterocycles. The Balaban J connectivity index is 1.70. The molecule has 0 aromatic rings. The number of ether oxygens (including phenoxy) is 1. The minimum Gasteiger partial charge on any atom is -0.465 e. The number of hydrogen-bond acceptors (Lipinski definition) is 3. The highest BCUT2D eigenvalue weighted by Crippen LogP contribution is 2.25. The van der Waals surface area contributed by atoms with E-state index in [1.165, 1.54) is 25.7 Å². The molecule has 3 heteroatoms. The molecule has 2 unspecified atom stereocenters. The van der Waals surface area contributed by atoms with Gasteiger partial charge in [-0.3, -0.25) is 4.79 Å². The highest BCUT2D eigenvalue weighted by atomic mass is 16.5. The Labute approximate surface area is 90.7 Å². The normalized spacial score (nSPS) is 31.0. The van der Waals surface area contributed by atoms with Crippen LogP contribution < -0.4 is 5.73 Å². The van der Waals surface area contributed by atoms with Crippen LogP contribution in [0.1, 0.15) is 32.1 Å². The van der Waals surface area contributed by atoms with Gasteiger partial charge >= 0.3 is 5.97 Å². The van der Waals surface area contributed by atoms with E-state index >= 15 is 0 Å². The lowest BCUT2D eigenvalue weighted by molar-refractivity contribution is -0.148. The Kier molecular flexibility index (Phi) is 3.41. The fourth-order valence-electron chi connectivity index (χ4n) is 2.39. The molecule has 0 radical (unpaired) electrons. The van der Waals surface area contributed by atoms with E-state index in [9.17, 15) is 4.79 Å². The summed E-state index contributed by atoms with van der Waals surface area (Å²) in [5.41, 5.74) is 5.69. The lowest BCUT2D eigenvalue weighted by Crippen LogP contribution is -2.22. The number of nitrogens with two attached hydrogens (primary N) is 1. The molecule has 0 amide bonds. The van der Waals surface area contributed by atoms with Gasteiger partial charge in [-0.2, -0.15) is 0 Å². The summed E-state index contributed by atoms with van der Waals surface area (Å²) in [6, 6.07) is 0.0361. The molecule has 2 N–H and O–H groups in total. The van der Waals surface area contributed by atoms with Crippen LogP contribution in [0.25, 0.3) is 0 Å². The summed E-state index contributed by atoms with van der Waals surface area (Å²) in [6.45, 7) is 0.610. The highest BCUT2D eigenvalue weighted by molar-refractivity contribution is 5.75. The van der Waals surface area contributed by atoms with Crippen LogP contribution in [0.5, 0.6) is 0 Å². The second-order valence-corrected chi connectivity index (χ2v) is 4.67. The van der Waals surface area contributed by atoms with E-state index in [0.717, 1.165) is 0 Å². The first-order chi connectivity index (χ1) is 7.25. The van der Waals surface area contributed by atoms with Gasteiger partial charge in [-0.05, 0) is 25.2 Å². The first-order valence-corrected chi connectivity index (χ1v) is 5.86. The Bertz CT molecular complexity index is 256. The zero-order valence-electron chi connectivity index (χ0n) is 9.02. The Morgan fingerprint density at radius 2 is 2.07 bits per heavy atom. The monoisotopic (exact) mass is 209 g/mol. The summed E-state index contributed by atoms with van der Waals surface area (Å²) in [5, 5.41) is 0. The molecule has 0 heterocycles. The van der Waals surface area contributed by atoms with Gasteiger partial charge in [0.1, 0.15) is 0 Å². The van der Waals surface area contributed by atoms with E-state index in [4.69, 9.17) is 10.5 Å². The standard InChI is InChI=1S/C12H19NO2/c13-11-6-5-10(7-11)12(14)15-8-9-3-1-2-4-9/h5-6,9-11H,1-4,7-8,13H2. The predicted octanol–water partition coefficient (Wildman–Crippen LogP) is 1.62. The van der Waals surface area contributed by atoms with Gasteiger partial charge in [0.25, 0.3) is 0 Å². The molecular weight excluding hydrogens is 190 g/mol. The van der Waals surface area contributed by atoms with Gasteiger partial charge in [-0.25, -0.2) is 0 Å². The maximum absolute atomic E-state index is 11.6. The van der Waals surface area contributed by atoms with Crippen LogP contribution in [0, 0.1) is 11.8 Å². The van der Waals surface area contributed by atoms with Gasteiger partial charge < -0.3 is 10.5 Å². The van der Waals surface area contributed by atoms with E-state index < -0.39 is 0 Å². The molecule has 2 atom stereocenters. The zero-order valence-corrected chi connectivity index (χ0v) is 9.02. The first-order valence-electron chi connectivity index (χ1n) is 5.86. The summed E-state index contributed by atoms with van der Waals surface area (Å²) in [7, 11) is 0. The molecule has 0 aliphatic heterocycles. The van der Waals surface area contributed by atoms with Crippen molar-refractivity contribution in [2.24, 2.45) is 17.6 Å². The molecule has 1 saturated carbocycles. The first kappa shape index (κ1) is 10.7. The van der Waals surface area contributed by atoms with Crippen molar-refractivity contribution in [3.05, 3.63) is 12.2 Å². The molecule has 0 aromatic carbocycles. The maximum atomic E-state index is 11.6. The fourth-order valence-corrected chi connectivity index (χ4v) is 2.39. The van der Waals surface area contributed by atoms with Crippen LogP contribution in [-0.2, 0) is 9.53 Å². The van der Waals surface area contributed by atoms with E-state index in [1.54, 1.807) is 0 Å². The van der Waals surface area contributed by atoms with Crippen molar-refractivity contribution in [3.8, 4) is 0 Å². The topological polar surface area (TPSA) is 52.3 Å². The lowest BCUT2D eigenvalue weighted by Gasteiger charge is -2.13. The number of esters is 1. The zero-order chi connectivity index (χ0) is 10.7. The largest absolute Gasteiger partial charge is 0.465 e. The highest BCUT2D eigenvalue weighted by Gasteiger charge is 2.25. The molecule has 0 saturated heterocycles. The van der Waals surface area contributed by atoms with Crippen molar-refractivity contribution in [1.82, 2.24) is 0 Å². The average molecular weight is 209 g/mol. The molecular formula is C12H19NO2. The second kappa shape index (κ2) is 4.79. The van der Waals surface area contributed by atoms with E-state index in [1.807, 2.05) is 12.2 Å². The fraction of sp³-hybridized carbons (Fsp3) is 0.750. The third-order valence-corrected chi connectivity index (χ3v) is 3.36. The average Bonchev–Trinajstić information content (AvgIpc) is 2.84. The Morgan fingerprint density at radius 1 is 1.33 bits per heavy atom. The van der Waals surface area contributed by atoms with Crippen molar-refractivity contribution in [2.75, 3.05) is 6.61 Å². The SMILES string of the molecule is NC1C=CC(C(=O)OCC2CCCC2)C1. The molecule has 3 nitrogen and oxygen atoms in total. The summed E-state index contributed by atoms with van der Waals surface area (Å²) in [5.74, 6) is 0.417. The van der Waals surface area contributed by atoms with Gasteiger partial charge in [-0.15, -0.1) is 0 Å². The van der Waals surface area contributed by atoms with Gasteiger partial charge in [-0.1, -0.05) is 25.0 Å². The Morgan fingerprint density at radius 3 is 2.67 bits per heavy atom. The van der Waals surface area contributed by atoms with Crippen LogP contribution in [0.3, 0.4) is 0 Å². The number of carbonyl (C=O) groups is 1. The third-order valence-electron chi connectivity index (χ3n) is 3.36. The van der Waals surface area contributed by atoms with E-state index in [2.05, 4.69) is 0 Å². The summed E-state index contributed by atoms with van der Waals surface area (Å²) in [6.07, 6.45) is 9.49. The molecule has 2 aliphatic rings. The van der Waals surface area contributed by atoms with Gasteiger partial charge in [0.2, 0.25) is 0 Å². The lowest BCUT2D eigenvalue weighted by atomic mass is 10.1. The Hall–Kier alpha value is -0.830. The van der Waals surface area contributed by atoms with Crippen molar-refractivity contribution in [2.45, 2.75) is 38.1 Å². The minimum absolute atomic E-state index is 0.0361. The molecule has 15 heavy (non-hydrogen) atoms. The van der Waals surface area contributed by atoms with Crippen LogP contribution in [0.15, 0.2) is 12.2 Å². The maximum Gasteiger partial charge on any atom is 0.312 e. The van der Waals surface area contributed by atoms with Crippen molar-refractivity contribution in [1.29, 1.82) is 0 Å². The van der Waals surface area contributed by atoms with Crippen LogP contribution in [0.4, 0.5) is 0 Å². The molecule has 2 aliphatic carbocycles. The smallest absolute Gasteiger partial charge is 0.312 e. The van der Waals surface area contributed by atoms with Crippen LogP contribution >= 0.6 is 0 Å². The van der Waals surface area contributed by atoms with Crippen molar-refractivity contribution >= 4 is 5.97 Å². The summed E-state index contributed by atoms with van der Waals surface area (Å²) in [4.78, 5) is 11.6. The number of hydrogen-bond donors (Lipinski definition) is 1. The summed E-state index contributed by atoms with van der Waals surface area (Å²) < 4.78 is 5.31. The van der Waals surface area contributed by atoms with Crippen LogP contribution in [0.2, 0.25) is 0 Å². The molecule has 0 bridgehead atoms. The second-order valence-electron chi connectivity index (χ2n) is 4.67. The van der Waals surface area contributed by atoms with Crippen molar-refractivity contribution in [3.63, 3.8) is 0 Å². The van der Waals surface area contributed by atoms with E-state index in [0.29, 0.717) is 18.9 Å². The number of carbonyl (C=O) groups excluding carboxylic acids is 1. The number of rotatable bonds is 3. The predicted molar refractivity (Wildman–Crippen MR) is 58.1 cm³/mol.